The Kier molecular flexibility index (Phi) is 0.866. The molecule has 0 aromatic heterocycles. The molecule has 2 heteroatoms. The third kappa shape index (κ3) is 0.400. The topological polar surface area (TPSA) is 38.0 Å². The number of rotatable bonds is 1. The van der Waals surface area contributed by atoms with Crippen LogP contribution in [0.15, 0.2) is 0 Å². The summed E-state index contributed by atoms with van der Waals surface area (Å²) in [6.07, 6.45) is 1.39. The van der Waals surface area contributed by atoms with Gasteiger partial charge in [0.2, 0.25) is 0 Å². The number of hydrogen-bond donors (Lipinski definition) is 2. The van der Waals surface area contributed by atoms with Gasteiger partial charge in [-0.1, -0.05) is 0 Å². The lowest BCUT2D eigenvalue weighted by atomic mass is 9.74. The Labute approximate surface area is 49.4 Å². The van der Waals surface area contributed by atoms with Gasteiger partial charge >= 0.3 is 0 Å². The van der Waals surface area contributed by atoms with E-state index >= 15 is 0 Å². The van der Waals surface area contributed by atoms with Crippen LogP contribution in [0.2, 0.25) is 0 Å². The van der Waals surface area contributed by atoms with Gasteiger partial charge in [-0.3, -0.25) is 0 Å². The highest BCUT2D eigenvalue weighted by molar-refractivity contribution is 5.02. The summed E-state index contributed by atoms with van der Waals surface area (Å²) < 4.78 is 0. The number of nitrogens with one attached hydrogen (secondary N) is 1. The zero-order chi connectivity index (χ0) is 5.56. The summed E-state index contributed by atoms with van der Waals surface area (Å²) in [6, 6.07) is 0.796. The molecule has 0 amide bonds. The Morgan fingerprint density at radius 2 is 2.50 bits per heavy atom. The van der Waals surface area contributed by atoms with Crippen molar-refractivity contribution in [2.24, 2.45) is 17.6 Å². The molecule has 2 heterocycles. The standard InChI is InChI=1S/C6H12N2/c7-2-5-4-1-6(5)8-3-4/h4-6,8H,1-3,7H2. The molecule has 0 aromatic rings. The molecule has 0 aromatic carbocycles. The van der Waals surface area contributed by atoms with E-state index in [1.807, 2.05) is 0 Å². The van der Waals surface area contributed by atoms with Crippen LogP contribution in [0.5, 0.6) is 0 Å². The molecule has 8 heavy (non-hydrogen) atoms. The molecule has 3 rings (SSSR count). The number of nitrogens with two attached hydrogens (primary N) is 1. The molecule has 0 radical (unpaired) electrons. The molecular weight excluding hydrogens is 100 g/mol. The highest BCUT2D eigenvalue weighted by Crippen LogP contribution is 2.38. The lowest BCUT2D eigenvalue weighted by Gasteiger charge is -2.33. The second kappa shape index (κ2) is 1.45. The largest absolute Gasteiger partial charge is 0.330 e. The molecule has 2 nitrogen and oxygen atoms in total. The van der Waals surface area contributed by atoms with E-state index in [-0.39, 0.29) is 0 Å². The van der Waals surface area contributed by atoms with Crippen LogP contribution in [0.1, 0.15) is 6.42 Å². The maximum absolute atomic E-state index is 5.51. The lowest BCUT2D eigenvalue weighted by molar-refractivity contribution is 0.224. The first-order valence-electron chi connectivity index (χ1n) is 3.35. The average molecular weight is 112 g/mol. The lowest BCUT2D eigenvalue weighted by Crippen LogP contribution is -2.41. The fourth-order valence-corrected chi connectivity index (χ4v) is 1.94. The molecule has 3 N–H and O–H groups in total. The third-order valence-corrected chi connectivity index (χ3v) is 2.59. The van der Waals surface area contributed by atoms with Gasteiger partial charge in [0.15, 0.2) is 0 Å². The summed E-state index contributed by atoms with van der Waals surface area (Å²) in [6.45, 7) is 2.12. The van der Waals surface area contributed by atoms with E-state index in [9.17, 15) is 0 Å². The average Bonchev–Trinajstić information content (AvgIpc) is 2.19. The molecule has 2 saturated heterocycles. The van der Waals surface area contributed by atoms with Gasteiger partial charge in [0.05, 0.1) is 0 Å². The fraction of sp³-hybridized carbons (Fsp3) is 1.00. The van der Waals surface area contributed by atoms with Gasteiger partial charge in [-0.2, -0.15) is 0 Å². The molecule has 3 atom stereocenters. The molecule has 2 aliphatic heterocycles. The van der Waals surface area contributed by atoms with Gasteiger partial charge in [0.25, 0.3) is 0 Å². The van der Waals surface area contributed by atoms with E-state index in [1.54, 1.807) is 0 Å². The summed E-state index contributed by atoms with van der Waals surface area (Å²) in [5, 5.41) is 3.41. The minimum Gasteiger partial charge on any atom is -0.330 e. The molecular formula is C6H12N2. The van der Waals surface area contributed by atoms with Crippen molar-refractivity contribution >= 4 is 0 Å². The SMILES string of the molecule is NCC1C2CNC1C2. The van der Waals surface area contributed by atoms with Crippen LogP contribution < -0.4 is 11.1 Å². The summed E-state index contributed by atoms with van der Waals surface area (Å²) in [7, 11) is 0. The van der Waals surface area contributed by atoms with Crippen LogP contribution >= 0.6 is 0 Å². The van der Waals surface area contributed by atoms with Crippen molar-refractivity contribution in [1.82, 2.24) is 5.32 Å². The van der Waals surface area contributed by atoms with Crippen LogP contribution in [0.25, 0.3) is 0 Å². The molecule has 46 valence electrons. The Balaban J connectivity index is 2.02. The van der Waals surface area contributed by atoms with Crippen molar-refractivity contribution in [1.29, 1.82) is 0 Å². The van der Waals surface area contributed by atoms with Crippen LogP contribution in [0, 0.1) is 11.8 Å². The monoisotopic (exact) mass is 112 g/mol. The van der Waals surface area contributed by atoms with Gasteiger partial charge in [-0.15, -0.1) is 0 Å². The first-order valence-corrected chi connectivity index (χ1v) is 3.35. The van der Waals surface area contributed by atoms with Crippen molar-refractivity contribution in [2.45, 2.75) is 12.5 Å². The normalized spacial score (nSPS) is 51.4. The summed E-state index contributed by atoms with van der Waals surface area (Å²) in [4.78, 5) is 0. The number of fused-ring (bicyclic) bond motifs is 1. The third-order valence-electron chi connectivity index (χ3n) is 2.59. The smallest absolute Gasteiger partial charge is 0.0114 e. The Morgan fingerprint density at radius 3 is 2.75 bits per heavy atom. The van der Waals surface area contributed by atoms with E-state index in [0.29, 0.717) is 0 Å². The Hall–Kier alpha value is -0.0800. The minimum absolute atomic E-state index is 0.796. The van der Waals surface area contributed by atoms with E-state index in [2.05, 4.69) is 5.32 Å². The van der Waals surface area contributed by atoms with Crippen molar-refractivity contribution < 1.29 is 0 Å². The van der Waals surface area contributed by atoms with Crippen LogP contribution in [0.3, 0.4) is 0 Å². The molecule has 1 saturated carbocycles. The van der Waals surface area contributed by atoms with Crippen molar-refractivity contribution in [2.75, 3.05) is 13.1 Å². The second-order valence-corrected chi connectivity index (χ2v) is 2.91. The van der Waals surface area contributed by atoms with E-state index in [4.69, 9.17) is 5.73 Å². The zero-order valence-corrected chi connectivity index (χ0v) is 4.93. The summed E-state index contributed by atoms with van der Waals surface area (Å²) >= 11 is 0. The quantitative estimate of drug-likeness (QED) is 0.482. The first kappa shape index (κ1) is 4.77. The maximum Gasteiger partial charge on any atom is 0.0114 e. The predicted molar refractivity (Wildman–Crippen MR) is 32.4 cm³/mol. The maximum atomic E-state index is 5.51. The molecule has 3 fully saturated rings. The molecule has 1 aliphatic carbocycles. The van der Waals surface area contributed by atoms with Gasteiger partial charge < -0.3 is 11.1 Å². The zero-order valence-electron chi connectivity index (χ0n) is 4.93. The van der Waals surface area contributed by atoms with Gasteiger partial charge in [-0.05, 0) is 31.3 Å². The second-order valence-electron chi connectivity index (χ2n) is 2.91. The van der Waals surface area contributed by atoms with Crippen LogP contribution in [0.4, 0.5) is 0 Å². The highest BCUT2D eigenvalue weighted by Gasteiger charge is 2.45. The first-order chi connectivity index (χ1) is 3.92. The number of hydrogen-bond acceptors (Lipinski definition) is 2. The van der Waals surface area contributed by atoms with E-state index in [0.717, 1.165) is 24.4 Å². The van der Waals surface area contributed by atoms with Crippen molar-refractivity contribution in [3.05, 3.63) is 0 Å². The predicted octanol–water partition coefficient (Wildman–Crippen LogP) is -0.447. The van der Waals surface area contributed by atoms with Crippen molar-refractivity contribution in [3.63, 3.8) is 0 Å². The molecule has 3 aliphatic rings. The van der Waals surface area contributed by atoms with Crippen LogP contribution in [-0.4, -0.2) is 19.1 Å². The highest BCUT2D eigenvalue weighted by atomic mass is 15.0. The van der Waals surface area contributed by atoms with Crippen molar-refractivity contribution in [3.8, 4) is 0 Å². The van der Waals surface area contributed by atoms with Gasteiger partial charge in [0, 0.05) is 6.04 Å². The fourth-order valence-electron chi connectivity index (χ4n) is 1.94. The molecule has 2 bridgehead atoms. The Morgan fingerprint density at radius 1 is 1.62 bits per heavy atom. The van der Waals surface area contributed by atoms with E-state index < -0.39 is 0 Å². The van der Waals surface area contributed by atoms with Gasteiger partial charge in [-0.25, -0.2) is 0 Å². The van der Waals surface area contributed by atoms with E-state index in [1.165, 1.54) is 13.0 Å². The summed E-state index contributed by atoms with van der Waals surface area (Å²) in [5.74, 6) is 1.76. The van der Waals surface area contributed by atoms with Crippen LogP contribution in [-0.2, 0) is 0 Å². The molecule has 0 spiro atoms. The summed E-state index contributed by atoms with van der Waals surface area (Å²) in [5.41, 5.74) is 5.51. The Bertz CT molecular complexity index is 88.7. The van der Waals surface area contributed by atoms with Gasteiger partial charge in [0.1, 0.15) is 0 Å². The molecule has 3 unspecified atom stereocenters. The minimum atomic E-state index is 0.796.